The van der Waals surface area contributed by atoms with Gasteiger partial charge in [-0.25, -0.2) is 0 Å². The second-order valence-electron chi connectivity index (χ2n) is 4.65. The normalized spacial score (nSPS) is 14.5. The molecule has 2 N–H and O–H groups in total. The highest BCUT2D eigenvalue weighted by Gasteiger charge is 2.19. The Morgan fingerprint density at radius 3 is 2.59 bits per heavy atom. The van der Waals surface area contributed by atoms with Crippen molar-refractivity contribution >= 4 is 0 Å². The Morgan fingerprint density at radius 1 is 1.24 bits per heavy atom. The minimum absolute atomic E-state index is 0.651. The van der Waals surface area contributed by atoms with Crippen LogP contribution in [0.5, 0.6) is 0 Å². The average Bonchev–Trinajstić information content (AvgIpc) is 2.29. The van der Waals surface area contributed by atoms with Crippen molar-refractivity contribution in [2.24, 2.45) is 0 Å². The third-order valence-electron chi connectivity index (χ3n) is 2.75. The maximum absolute atomic E-state index is 10.3. The highest BCUT2D eigenvalue weighted by atomic mass is 16.5. The molecular weight excluding hydrogens is 214 g/mol. The van der Waals surface area contributed by atoms with Crippen molar-refractivity contribution in [3.8, 4) is 0 Å². The summed E-state index contributed by atoms with van der Waals surface area (Å²) >= 11 is 0. The largest absolute Gasteiger partial charge is 0.390 e. The molecule has 0 radical (unpaired) electrons. The molecule has 0 aliphatic rings. The van der Waals surface area contributed by atoms with Crippen LogP contribution < -0.4 is 5.32 Å². The lowest BCUT2D eigenvalue weighted by molar-refractivity contribution is 0.0510. The maximum atomic E-state index is 10.3. The molecule has 1 aromatic rings. The number of rotatable bonds is 8. The maximum Gasteiger partial charge on any atom is 0.0672 e. The summed E-state index contributed by atoms with van der Waals surface area (Å²) in [6.07, 6.45) is 1.44. The number of aliphatic hydroxyl groups is 1. The molecule has 0 spiro atoms. The first-order chi connectivity index (χ1) is 8.14. The summed E-state index contributed by atoms with van der Waals surface area (Å²) in [4.78, 5) is 0. The van der Waals surface area contributed by atoms with Gasteiger partial charge in [0.2, 0.25) is 0 Å². The molecule has 0 aromatic heterocycles. The van der Waals surface area contributed by atoms with Gasteiger partial charge >= 0.3 is 0 Å². The second-order valence-corrected chi connectivity index (χ2v) is 4.65. The third-order valence-corrected chi connectivity index (χ3v) is 2.75. The Morgan fingerprint density at radius 2 is 1.94 bits per heavy atom. The van der Waals surface area contributed by atoms with Crippen molar-refractivity contribution in [2.75, 3.05) is 26.8 Å². The van der Waals surface area contributed by atoms with E-state index in [2.05, 4.69) is 5.32 Å². The number of hydrogen-bond acceptors (Lipinski definition) is 3. The molecule has 1 rings (SSSR count). The number of benzene rings is 1. The molecule has 0 aliphatic heterocycles. The molecule has 3 nitrogen and oxygen atoms in total. The van der Waals surface area contributed by atoms with Crippen LogP contribution in [0.3, 0.4) is 0 Å². The predicted octanol–water partition coefficient (Wildman–Crippen LogP) is 1.61. The monoisotopic (exact) mass is 237 g/mol. The first kappa shape index (κ1) is 14.2. The molecule has 1 atom stereocenters. The summed E-state index contributed by atoms with van der Waals surface area (Å²) in [6.45, 7) is 4.24. The molecule has 3 heteroatoms. The molecule has 96 valence electrons. The molecule has 0 amide bonds. The Kier molecular flexibility index (Phi) is 6.19. The van der Waals surface area contributed by atoms with Crippen molar-refractivity contribution in [3.63, 3.8) is 0 Å². The van der Waals surface area contributed by atoms with E-state index in [1.807, 2.05) is 37.3 Å². The highest BCUT2D eigenvalue weighted by Crippen LogP contribution is 2.16. The van der Waals surface area contributed by atoms with Crippen LogP contribution >= 0.6 is 0 Å². The van der Waals surface area contributed by atoms with Gasteiger partial charge in [0.25, 0.3) is 0 Å². The molecule has 0 aliphatic carbocycles. The predicted molar refractivity (Wildman–Crippen MR) is 70.1 cm³/mol. The van der Waals surface area contributed by atoms with Crippen LogP contribution in [0.1, 0.15) is 18.9 Å². The van der Waals surface area contributed by atoms with Crippen LogP contribution in [0.15, 0.2) is 30.3 Å². The quantitative estimate of drug-likeness (QED) is 0.675. The van der Waals surface area contributed by atoms with Gasteiger partial charge in [-0.3, -0.25) is 0 Å². The highest BCUT2D eigenvalue weighted by molar-refractivity contribution is 5.16. The van der Waals surface area contributed by atoms with E-state index in [-0.39, 0.29) is 0 Å². The standard InChI is InChI=1S/C14H23NO2/c1-14(16,8-9-15-10-11-17-2)12-13-6-4-3-5-7-13/h3-7,15-16H,8-12H2,1-2H3. The zero-order chi connectivity index (χ0) is 12.6. The first-order valence-corrected chi connectivity index (χ1v) is 6.10. The zero-order valence-electron chi connectivity index (χ0n) is 10.8. The minimum Gasteiger partial charge on any atom is -0.390 e. The number of hydrogen-bond donors (Lipinski definition) is 2. The van der Waals surface area contributed by atoms with Gasteiger partial charge < -0.3 is 15.2 Å². The van der Waals surface area contributed by atoms with E-state index in [4.69, 9.17) is 4.74 Å². The molecule has 1 aromatic carbocycles. The first-order valence-electron chi connectivity index (χ1n) is 6.10. The molecule has 1 unspecified atom stereocenters. The van der Waals surface area contributed by atoms with Gasteiger partial charge in [-0.1, -0.05) is 30.3 Å². The van der Waals surface area contributed by atoms with E-state index in [1.54, 1.807) is 7.11 Å². The lowest BCUT2D eigenvalue weighted by atomic mass is 9.93. The van der Waals surface area contributed by atoms with Gasteiger partial charge in [-0.2, -0.15) is 0 Å². The van der Waals surface area contributed by atoms with E-state index in [9.17, 15) is 5.11 Å². The summed E-state index contributed by atoms with van der Waals surface area (Å²) < 4.78 is 4.94. The summed E-state index contributed by atoms with van der Waals surface area (Å²) in [5.74, 6) is 0. The summed E-state index contributed by atoms with van der Waals surface area (Å²) in [7, 11) is 1.69. The Labute approximate surface area is 104 Å². The fourth-order valence-electron chi connectivity index (χ4n) is 1.78. The SMILES string of the molecule is COCCNCCC(C)(O)Cc1ccccc1. The van der Waals surface area contributed by atoms with E-state index < -0.39 is 5.60 Å². The Balaban J connectivity index is 2.26. The molecule has 0 bridgehead atoms. The van der Waals surface area contributed by atoms with E-state index >= 15 is 0 Å². The Bertz CT molecular complexity index is 298. The molecule has 0 saturated carbocycles. The lowest BCUT2D eigenvalue weighted by Crippen LogP contribution is -2.33. The summed E-state index contributed by atoms with van der Waals surface area (Å²) in [6, 6.07) is 10.1. The van der Waals surface area contributed by atoms with E-state index in [0.29, 0.717) is 13.0 Å². The van der Waals surface area contributed by atoms with Crippen molar-refractivity contribution in [3.05, 3.63) is 35.9 Å². The fraction of sp³-hybridized carbons (Fsp3) is 0.571. The van der Waals surface area contributed by atoms with Crippen LogP contribution in [0.4, 0.5) is 0 Å². The third kappa shape index (κ3) is 6.41. The van der Waals surface area contributed by atoms with Crippen molar-refractivity contribution in [1.29, 1.82) is 0 Å². The second kappa shape index (κ2) is 7.43. The van der Waals surface area contributed by atoms with Gasteiger partial charge in [0, 0.05) is 20.1 Å². The van der Waals surface area contributed by atoms with Gasteiger partial charge in [0.1, 0.15) is 0 Å². The number of ether oxygens (including phenoxy) is 1. The van der Waals surface area contributed by atoms with Crippen LogP contribution in [-0.4, -0.2) is 37.5 Å². The summed E-state index contributed by atoms with van der Waals surface area (Å²) in [5.41, 5.74) is 0.524. The lowest BCUT2D eigenvalue weighted by Gasteiger charge is -2.23. The van der Waals surface area contributed by atoms with Gasteiger partial charge in [-0.15, -0.1) is 0 Å². The molecule has 0 saturated heterocycles. The minimum atomic E-state index is -0.651. The van der Waals surface area contributed by atoms with Crippen molar-refractivity contribution in [1.82, 2.24) is 5.32 Å². The Hall–Kier alpha value is -0.900. The zero-order valence-corrected chi connectivity index (χ0v) is 10.8. The van der Waals surface area contributed by atoms with Gasteiger partial charge in [-0.05, 0) is 25.5 Å². The molecular formula is C14H23NO2. The summed E-state index contributed by atoms with van der Waals surface area (Å²) in [5, 5.41) is 13.5. The average molecular weight is 237 g/mol. The van der Waals surface area contributed by atoms with Crippen LogP contribution in [0, 0.1) is 0 Å². The molecule has 17 heavy (non-hydrogen) atoms. The fourth-order valence-corrected chi connectivity index (χ4v) is 1.78. The van der Waals surface area contributed by atoms with Crippen LogP contribution in [-0.2, 0) is 11.2 Å². The number of methoxy groups -OCH3 is 1. The van der Waals surface area contributed by atoms with Gasteiger partial charge in [0.05, 0.1) is 12.2 Å². The van der Waals surface area contributed by atoms with Crippen molar-refractivity contribution < 1.29 is 9.84 Å². The molecule has 0 heterocycles. The molecule has 0 fully saturated rings. The topological polar surface area (TPSA) is 41.5 Å². The smallest absolute Gasteiger partial charge is 0.0672 e. The van der Waals surface area contributed by atoms with Gasteiger partial charge in [0.15, 0.2) is 0 Å². The van der Waals surface area contributed by atoms with Crippen LogP contribution in [0.2, 0.25) is 0 Å². The van der Waals surface area contributed by atoms with Crippen molar-refractivity contribution in [2.45, 2.75) is 25.4 Å². The number of nitrogens with one attached hydrogen (secondary N) is 1. The van der Waals surface area contributed by atoms with Crippen LogP contribution in [0.25, 0.3) is 0 Å². The van der Waals surface area contributed by atoms with E-state index in [0.717, 1.165) is 19.5 Å². The van der Waals surface area contributed by atoms with E-state index in [1.165, 1.54) is 5.56 Å².